The summed E-state index contributed by atoms with van der Waals surface area (Å²) in [6, 6.07) is 13.3. The highest BCUT2D eigenvalue weighted by Gasteiger charge is 2.48. The van der Waals surface area contributed by atoms with Crippen molar-refractivity contribution in [2.24, 2.45) is 5.41 Å². The van der Waals surface area contributed by atoms with E-state index in [-0.39, 0.29) is 11.5 Å². The summed E-state index contributed by atoms with van der Waals surface area (Å²) in [7, 11) is -3.27. The van der Waals surface area contributed by atoms with Crippen LogP contribution in [0.1, 0.15) is 35.6 Å². The molecule has 1 saturated heterocycles. The van der Waals surface area contributed by atoms with Crippen LogP contribution in [0.4, 0.5) is 10.5 Å². The monoisotopic (exact) mass is 414 g/mol. The summed E-state index contributed by atoms with van der Waals surface area (Å²) < 4.78 is 24.0. The predicted molar refractivity (Wildman–Crippen MR) is 112 cm³/mol. The molecule has 0 bridgehead atoms. The molecule has 1 fully saturated rings. The second-order valence-corrected chi connectivity index (χ2v) is 10.4. The van der Waals surface area contributed by atoms with Crippen LogP contribution >= 0.6 is 0 Å². The van der Waals surface area contributed by atoms with Gasteiger partial charge in [-0.15, -0.1) is 0 Å². The standard InChI is InChI=1S/C22H26N2O4S/c1-15-11-17(13-18(12-15)29(2,27)28)24-9-7-22(8-10-24)14-16-5-3-4-6-19(16)20(22)23-21(25)26/h3-6,11-13,20,23H,7-10,14H2,1-2H3,(H,25,26)/t20-/m1/s1. The van der Waals surface area contributed by atoms with Crippen molar-refractivity contribution in [2.45, 2.75) is 37.1 Å². The maximum Gasteiger partial charge on any atom is 0.405 e. The minimum Gasteiger partial charge on any atom is -0.465 e. The minimum absolute atomic E-state index is 0.137. The van der Waals surface area contributed by atoms with Gasteiger partial charge >= 0.3 is 6.09 Å². The summed E-state index contributed by atoms with van der Waals surface area (Å²) >= 11 is 0. The van der Waals surface area contributed by atoms with Crippen molar-refractivity contribution in [2.75, 3.05) is 24.2 Å². The topological polar surface area (TPSA) is 86.7 Å². The summed E-state index contributed by atoms with van der Waals surface area (Å²) in [4.78, 5) is 14.0. The van der Waals surface area contributed by atoms with Gasteiger partial charge in [0.15, 0.2) is 9.84 Å². The van der Waals surface area contributed by atoms with E-state index >= 15 is 0 Å². The Hall–Kier alpha value is -2.54. The SMILES string of the molecule is Cc1cc(N2CCC3(CC2)Cc2ccccc2[C@H]3NC(=O)O)cc(S(C)(=O)=O)c1. The Morgan fingerprint density at radius 3 is 2.52 bits per heavy atom. The molecule has 29 heavy (non-hydrogen) atoms. The van der Waals surface area contributed by atoms with Crippen molar-refractivity contribution in [3.8, 4) is 0 Å². The number of hydrogen-bond acceptors (Lipinski definition) is 4. The number of piperidine rings is 1. The van der Waals surface area contributed by atoms with Gasteiger partial charge in [0.25, 0.3) is 0 Å². The van der Waals surface area contributed by atoms with Crippen LogP contribution < -0.4 is 10.2 Å². The third-order valence-electron chi connectivity index (χ3n) is 6.38. The molecular weight excluding hydrogens is 388 g/mol. The number of aryl methyl sites for hydroxylation is 1. The molecule has 0 saturated carbocycles. The van der Waals surface area contributed by atoms with Gasteiger partial charge in [0, 0.05) is 30.4 Å². The van der Waals surface area contributed by atoms with E-state index in [1.54, 1.807) is 12.1 Å². The Balaban J connectivity index is 1.59. The first-order valence-electron chi connectivity index (χ1n) is 9.82. The molecule has 0 unspecified atom stereocenters. The van der Waals surface area contributed by atoms with Crippen LogP contribution in [0.2, 0.25) is 0 Å². The van der Waals surface area contributed by atoms with E-state index in [1.807, 2.05) is 31.2 Å². The van der Waals surface area contributed by atoms with E-state index < -0.39 is 15.9 Å². The maximum atomic E-state index is 12.0. The zero-order chi connectivity index (χ0) is 20.8. The fourth-order valence-corrected chi connectivity index (χ4v) is 5.68. The van der Waals surface area contributed by atoms with Gasteiger partial charge in [-0.1, -0.05) is 24.3 Å². The van der Waals surface area contributed by atoms with Crippen molar-refractivity contribution >= 4 is 21.6 Å². The molecule has 1 atom stereocenters. The number of nitrogens with one attached hydrogen (secondary N) is 1. The van der Waals surface area contributed by atoms with Gasteiger partial charge in [-0.2, -0.15) is 0 Å². The fraction of sp³-hybridized carbons (Fsp3) is 0.409. The molecule has 154 valence electrons. The van der Waals surface area contributed by atoms with Crippen LogP contribution in [0.25, 0.3) is 0 Å². The first-order valence-corrected chi connectivity index (χ1v) is 11.7. The number of anilines is 1. The van der Waals surface area contributed by atoms with Gasteiger partial charge < -0.3 is 15.3 Å². The highest BCUT2D eigenvalue weighted by molar-refractivity contribution is 7.90. The average Bonchev–Trinajstić information content (AvgIpc) is 2.94. The van der Waals surface area contributed by atoms with Crippen LogP contribution in [-0.2, 0) is 16.3 Å². The van der Waals surface area contributed by atoms with Crippen molar-refractivity contribution < 1.29 is 18.3 Å². The zero-order valence-electron chi connectivity index (χ0n) is 16.7. The van der Waals surface area contributed by atoms with Crippen LogP contribution in [0.3, 0.4) is 0 Å². The Morgan fingerprint density at radius 2 is 1.86 bits per heavy atom. The number of sulfone groups is 1. The molecular formula is C22H26N2O4S. The van der Waals surface area contributed by atoms with Crippen LogP contribution in [0.5, 0.6) is 0 Å². The van der Waals surface area contributed by atoms with E-state index in [2.05, 4.69) is 16.3 Å². The predicted octanol–water partition coefficient (Wildman–Crippen LogP) is 3.55. The van der Waals surface area contributed by atoms with Gasteiger partial charge in [0.2, 0.25) is 0 Å². The molecule has 1 aliphatic carbocycles. The summed E-state index contributed by atoms with van der Waals surface area (Å²) in [6.07, 6.45) is 2.78. The lowest BCUT2D eigenvalue weighted by Gasteiger charge is -2.44. The molecule has 1 spiro atoms. The molecule has 1 amide bonds. The van der Waals surface area contributed by atoms with Gasteiger partial charge in [0.05, 0.1) is 10.9 Å². The Morgan fingerprint density at radius 1 is 1.17 bits per heavy atom. The summed E-state index contributed by atoms with van der Waals surface area (Å²) in [5.41, 5.74) is 4.00. The molecule has 0 radical (unpaired) electrons. The second-order valence-electron chi connectivity index (χ2n) is 8.38. The second kappa shape index (κ2) is 7.06. The largest absolute Gasteiger partial charge is 0.465 e. The zero-order valence-corrected chi connectivity index (χ0v) is 17.5. The lowest BCUT2D eigenvalue weighted by Crippen LogP contribution is -2.46. The number of fused-ring (bicyclic) bond motifs is 1. The van der Waals surface area contributed by atoms with Crippen LogP contribution in [-0.4, -0.2) is 39.0 Å². The van der Waals surface area contributed by atoms with Crippen LogP contribution in [0, 0.1) is 12.3 Å². The molecule has 7 heteroatoms. The van der Waals surface area contributed by atoms with E-state index in [1.165, 1.54) is 11.8 Å². The Labute approximate surface area is 171 Å². The number of carboxylic acid groups (broad SMARTS) is 1. The first kappa shape index (κ1) is 19.8. The highest BCUT2D eigenvalue weighted by atomic mass is 32.2. The number of hydrogen-bond donors (Lipinski definition) is 2. The van der Waals surface area contributed by atoms with Crippen molar-refractivity contribution in [1.29, 1.82) is 0 Å². The third-order valence-corrected chi connectivity index (χ3v) is 7.47. The van der Waals surface area contributed by atoms with Gasteiger partial charge in [-0.05, 0) is 61.1 Å². The molecule has 2 aliphatic rings. The Kier molecular flexibility index (Phi) is 4.81. The molecule has 1 heterocycles. The molecule has 4 rings (SSSR count). The number of benzene rings is 2. The van der Waals surface area contributed by atoms with E-state index in [0.29, 0.717) is 4.90 Å². The number of carbonyl (C=O) groups is 1. The normalized spacial score (nSPS) is 20.5. The third kappa shape index (κ3) is 3.71. The van der Waals surface area contributed by atoms with Crippen molar-refractivity contribution in [1.82, 2.24) is 5.32 Å². The molecule has 2 aromatic rings. The summed E-state index contributed by atoms with van der Waals surface area (Å²) in [5.74, 6) is 0. The lowest BCUT2D eigenvalue weighted by atomic mass is 9.72. The van der Waals surface area contributed by atoms with Gasteiger partial charge in [0.1, 0.15) is 0 Å². The molecule has 0 aromatic heterocycles. The van der Waals surface area contributed by atoms with E-state index in [4.69, 9.17) is 0 Å². The van der Waals surface area contributed by atoms with Gasteiger partial charge in [-0.3, -0.25) is 0 Å². The lowest BCUT2D eigenvalue weighted by molar-refractivity contribution is 0.141. The maximum absolute atomic E-state index is 12.0. The van der Waals surface area contributed by atoms with Crippen LogP contribution in [0.15, 0.2) is 47.4 Å². The van der Waals surface area contributed by atoms with Crippen molar-refractivity contribution in [3.05, 3.63) is 59.2 Å². The summed E-state index contributed by atoms with van der Waals surface area (Å²) in [5, 5.41) is 12.2. The Bertz CT molecular complexity index is 1060. The minimum atomic E-state index is -3.27. The summed E-state index contributed by atoms with van der Waals surface area (Å²) in [6.45, 7) is 3.43. The van der Waals surface area contributed by atoms with Crippen molar-refractivity contribution in [3.63, 3.8) is 0 Å². The molecule has 1 aliphatic heterocycles. The van der Waals surface area contributed by atoms with E-state index in [9.17, 15) is 18.3 Å². The first-order chi connectivity index (χ1) is 13.7. The highest BCUT2D eigenvalue weighted by Crippen LogP contribution is 2.52. The smallest absolute Gasteiger partial charge is 0.405 e. The molecule has 6 nitrogen and oxygen atoms in total. The van der Waals surface area contributed by atoms with E-state index in [0.717, 1.165) is 49.2 Å². The quantitative estimate of drug-likeness (QED) is 0.802. The number of rotatable bonds is 3. The molecule has 2 N–H and O–H groups in total. The average molecular weight is 415 g/mol. The fourth-order valence-electron chi connectivity index (χ4n) is 4.94. The number of nitrogens with zero attached hydrogens (tertiary/aromatic N) is 1. The molecule has 2 aromatic carbocycles. The number of amides is 1. The van der Waals surface area contributed by atoms with Gasteiger partial charge in [-0.25, -0.2) is 13.2 Å².